The van der Waals surface area contributed by atoms with Crippen LogP contribution in [-0.4, -0.2) is 0 Å². The van der Waals surface area contributed by atoms with Gasteiger partial charge in [0, 0.05) is 0 Å². The third kappa shape index (κ3) is 4.58. The molecular formula is C58H38. The van der Waals surface area contributed by atoms with E-state index in [0.29, 0.717) is 0 Å². The molecule has 58 heavy (non-hydrogen) atoms. The minimum atomic E-state index is 0.942. The summed E-state index contributed by atoms with van der Waals surface area (Å²) >= 11 is 0. The third-order valence-corrected chi connectivity index (χ3v) is 13.7. The van der Waals surface area contributed by atoms with Crippen molar-refractivity contribution in [2.45, 2.75) is 25.7 Å². The SMILES string of the molecule is c1ccc2c(c1)Cc1c-2cccc1-c1cc(-c2cccc3c2Cc2ccccc2-3)c(-c2cccc3c2Cc2ccccc2-3)cc1-c1cccc2c1Cc1ccccc1-2. The molecule has 0 saturated heterocycles. The van der Waals surface area contributed by atoms with Crippen molar-refractivity contribution in [2.24, 2.45) is 0 Å². The molecule has 0 bridgehead atoms. The van der Waals surface area contributed by atoms with Gasteiger partial charge in [-0.1, -0.05) is 170 Å². The number of hydrogen-bond donors (Lipinski definition) is 0. The first-order valence-electron chi connectivity index (χ1n) is 20.8. The van der Waals surface area contributed by atoms with Crippen LogP contribution in [0.2, 0.25) is 0 Å². The summed E-state index contributed by atoms with van der Waals surface area (Å²) in [5.41, 5.74) is 32.9. The van der Waals surface area contributed by atoms with Crippen LogP contribution in [0.4, 0.5) is 0 Å². The quantitative estimate of drug-likeness (QED) is 0.169. The van der Waals surface area contributed by atoms with Crippen molar-refractivity contribution in [3.05, 3.63) is 226 Å². The van der Waals surface area contributed by atoms with Crippen LogP contribution in [-0.2, 0) is 25.7 Å². The van der Waals surface area contributed by atoms with Crippen molar-refractivity contribution < 1.29 is 0 Å². The number of fused-ring (bicyclic) bond motifs is 12. The standard InChI is InChI=1S/C58H38/c1-5-17-39-35(13-1)29-51-43(39)21-9-25-47(51)55-33-57(49-27-11-23-45-41-19-7-3-15-37(41)31-53(45)49)58(50-28-12-24-46-42-20-8-4-16-38(42)32-54(46)50)34-56(55)48-26-10-22-44-40-18-6-2-14-36(40)30-52(44)48/h1-28,33-34H,29-32H2. The van der Waals surface area contributed by atoms with E-state index in [2.05, 4.69) is 182 Å². The fraction of sp³-hybridized carbons (Fsp3) is 0.0690. The van der Waals surface area contributed by atoms with Gasteiger partial charge in [0.05, 0.1) is 0 Å². The molecule has 4 aliphatic rings. The molecule has 0 heteroatoms. The van der Waals surface area contributed by atoms with Gasteiger partial charge in [-0.05, 0) is 171 Å². The summed E-state index contributed by atoms with van der Waals surface area (Å²) < 4.78 is 0. The van der Waals surface area contributed by atoms with Crippen molar-refractivity contribution >= 4 is 0 Å². The van der Waals surface area contributed by atoms with Crippen molar-refractivity contribution in [1.29, 1.82) is 0 Å². The van der Waals surface area contributed by atoms with Gasteiger partial charge in [0.25, 0.3) is 0 Å². The molecule has 0 amide bonds. The number of benzene rings is 9. The Bertz CT molecular complexity index is 2800. The highest BCUT2D eigenvalue weighted by atomic mass is 14.3. The third-order valence-electron chi connectivity index (χ3n) is 13.7. The second kappa shape index (κ2) is 12.2. The Kier molecular flexibility index (Phi) is 6.77. The van der Waals surface area contributed by atoms with Crippen LogP contribution in [0.25, 0.3) is 89.0 Å². The lowest BCUT2D eigenvalue weighted by Crippen LogP contribution is -1.99. The van der Waals surface area contributed by atoms with Gasteiger partial charge < -0.3 is 0 Å². The van der Waals surface area contributed by atoms with E-state index in [-0.39, 0.29) is 0 Å². The number of hydrogen-bond acceptors (Lipinski definition) is 0. The summed E-state index contributed by atoms with van der Waals surface area (Å²) in [5, 5.41) is 0. The molecule has 0 aliphatic heterocycles. The highest BCUT2D eigenvalue weighted by Crippen LogP contribution is 2.53. The summed E-state index contributed by atoms with van der Waals surface area (Å²) in [6.45, 7) is 0. The highest BCUT2D eigenvalue weighted by Gasteiger charge is 2.30. The van der Waals surface area contributed by atoms with E-state index in [0.717, 1.165) is 25.7 Å². The van der Waals surface area contributed by atoms with Crippen LogP contribution in [0.1, 0.15) is 44.5 Å². The zero-order chi connectivity index (χ0) is 37.9. The van der Waals surface area contributed by atoms with Gasteiger partial charge in [0.2, 0.25) is 0 Å². The summed E-state index contributed by atoms with van der Waals surface area (Å²) in [7, 11) is 0. The Labute approximate surface area is 339 Å². The first-order chi connectivity index (χ1) is 28.8. The van der Waals surface area contributed by atoms with Crippen LogP contribution < -0.4 is 0 Å². The maximum atomic E-state index is 2.60. The summed E-state index contributed by atoms with van der Waals surface area (Å²) in [6, 6.07) is 69.3. The highest BCUT2D eigenvalue weighted by molar-refractivity contribution is 6.02. The van der Waals surface area contributed by atoms with Gasteiger partial charge in [-0.25, -0.2) is 0 Å². The molecule has 0 unspecified atom stereocenters. The predicted octanol–water partition coefficient (Wildman–Crippen LogP) is 14.6. The van der Waals surface area contributed by atoms with Crippen LogP contribution in [0, 0.1) is 0 Å². The number of rotatable bonds is 4. The molecule has 0 nitrogen and oxygen atoms in total. The maximum Gasteiger partial charge on any atom is -0.000728 e. The summed E-state index contributed by atoms with van der Waals surface area (Å²) in [4.78, 5) is 0. The Hall–Kier alpha value is -7.02. The summed E-state index contributed by atoms with van der Waals surface area (Å²) in [5.74, 6) is 0. The average Bonchev–Trinajstić information content (AvgIpc) is 4.06. The van der Waals surface area contributed by atoms with Crippen LogP contribution >= 0.6 is 0 Å². The Morgan fingerprint density at radius 1 is 0.172 bits per heavy atom. The van der Waals surface area contributed by atoms with Gasteiger partial charge >= 0.3 is 0 Å². The molecule has 0 heterocycles. The monoisotopic (exact) mass is 734 g/mol. The van der Waals surface area contributed by atoms with E-state index in [9.17, 15) is 0 Å². The maximum absolute atomic E-state index is 2.60. The van der Waals surface area contributed by atoms with E-state index in [4.69, 9.17) is 0 Å². The molecule has 13 rings (SSSR count). The molecule has 270 valence electrons. The lowest BCUT2D eigenvalue weighted by Gasteiger charge is -2.23. The lowest BCUT2D eigenvalue weighted by atomic mass is 9.80. The summed E-state index contributed by atoms with van der Waals surface area (Å²) in [6.07, 6.45) is 3.77. The molecule has 0 atom stereocenters. The van der Waals surface area contributed by atoms with Crippen LogP contribution in [0.5, 0.6) is 0 Å². The van der Waals surface area contributed by atoms with Crippen molar-refractivity contribution in [3.8, 4) is 89.0 Å². The molecule has 0 fully saturated rings. The van der Waals surface area contributed by atoms with Crippen LogP contribution in [0.15, 0.2) is 182 Å². The van der Waals surface area contributed by atoms with E-state index in [1.807, 2.05) is 0 Å². The zero-order valence-corrected chi connectivity index (χ0v) is 32.1. The van der Waals surface area contributed by atoms with Crippen molar-refractivity contribution in [2.75, 3.05) is 0 Å². The Morgan fingerprint density at radius 3 is 0.603 bits per heavy atom. The molecule has 0 radical (unpaired) electrons. The Balaban J connectivity index is 1.14. The molecule has 4 aliphatic carbocycles. The van der Waals surface area contributed by atoms with Gasteiger partial charge in [0.1, 0.15) is 0 Å². The normalized spacial score (nSPS) is 13.2. The topological polar surface area (TPSA) is 0 Å². The minimum absolute atomic E-state index is 0.942. The van der Waals surface area contributed by atoms with Gasteiger partial charge in [-0.15, -0.1) is 0 Å². The molecule has 9 aromatic carbocycles. The van der Waals surface area contributed by atoms with Crippen molar-refractivity contribution in [3.63, 3.8) is 0 Å². The largest absolute Gasteiger partial charge is 0.0619 e. The molecule has 0 spiro atoms. The van der Waals surface area contributed by atoms with E-state index < -0.39 is 0 Å². The van der Waals surface area contributed by atoms with E-state index in [1.165, 1.54) is 134 Å². The average molecular weight is 735 g/mol. The fourth-order valence-electron chi connectivity index (χ4n) is 11.1. The molecule has 9 aromatic rings. The van der Waals surface area contributed by atoms with Crippen molar-refractivity contribution in [1.82, 2.24) is 0 Å². The van der Waals surface area contributed by atoms with Crippen LogP contribution in [0.3, 0.4) is 0 Å². The Morgan fingerprint density at radius 2 is 0.362 bits per heavy atom. The molecular weight excluding hydrogens is 697 g/mol. The first-order valence-corrected chi connectivity index (χ1v) is 20.8. The molecule has 0 N–H and O–H groups in total. The first kappa shape index (κ1) is 32.1. The minimum Gasteiger partial charge on any atom is -0.0619 e. The second-order valence-electron chi connectivity index (χ2n) is 16.6. The fourth-order valence-corrected chi connectivity index (χ4v) is 11.1. The smallest absolute Gasteiger partial charge is 0.000728 e. The van der Waals surface area contributed by atoms with E-state index in [1.54, 1.807) is 0 Å². The zero-order valence-electron chi connectivity index (χ0n) is 32.1. The van der Waals surface area contributed by atoms with Gasteiger partial charge in [-0.3, -0.25) is 0 Å². The second-order valence-corrected chi connectivity index (χ2v) is 16.6. The molecule has 0 aromatic heterocycles. The molecule has 0 saturated carbocycles. The van der Waals surface area contributed by atoms with Gasteiger partial charge in [0.15, 0.2) is 0 Å². The predicted molar refractivity (Wildman–Crippen MR) is 241 cm³/mol. The lowest BCUT2D eigenvalue weighted by molar-refractivity contribution is 1.25. The van der Waals surface area contributed by atoms with E-state index >= 15 is 0 Å². The van der Waals surface area contributed by atoms with Gasteiger partial charge in [-0.2, -0.15) is 0 Å².